The summed E-state index contributed by atoms with van der Waals surface area (Å²) in [5.41, 5.74) is 10.8. The predicted molar refractivity (Wildman–Crippen MR) is 79.8 cm³/mol. The van der Waals surface area contributed by atoms with Crippen molar-refractivity contribution >= 4 is 58.3 Å². The van der Waals surface area contributed by atoms with Gasteiger partial charge in [0.1, 0.15) is 12.1 Å². The first kappa shape index (κ1) is 23.2. The molecule has 0 aliphatic heterocycles. The molecule has 0 saturated carbocycles. The molecule has 0 radical (unpaired) electrons. The van der Waals surface area contributed by atoms with Crippen molar-refractivity contribution in [2.45, 2.75) is 30.7 Å². The minimum atomic E-state index is -1.07. The van der Waals surface area contributed by atoms with Crippen molar-refractivity contribution in [1.29, 1.82) is 0 Å². The van der Waals surface area contributed by atoms with E-state index in [1.54, 1.807) is 0 Å². The summed E-state index contributed by atoms with van der Waals surface area (Å²) in [5.74, 6) is -1.89. The second kappa shape index (κ2) is 12.2. The van der Waals surface area contributed by atoms with Crippen molar-refractivity contribution in [2.24, 2.45) is 11.5 Å². The fourth-order valence-electron chi connectivity index (χ4n) is 0.812. The first-order valence-electron chi connectivity index (χ1n) is 4.65. The number of carboxylic acid groups (broad SMARTS) is 2. The number of nitrogens with two attached hydrogens (primary N) is 2. The van der Waals surface area contributed by atoms with Gasteiger partial charge in [0.15, 0.2) is 0 Å². The Morgan fingerprint density at radius 1 is 1.17 bits per heavy atom. The van der Waals surface area contributed by atoms with Gasteiger partial charge in [0, 0.05) is 11.0 Å². The number of hydrogen-bond acceptors (Lipinski definition) is 6. The van der Waals surface area contributed by atoms with Gasteiger partial charge in [-0.3, -0.25) is 9.59 Å². The molecule has 0 aromatic heterocycles. The first-order chi connectivity index (χ1) is 7.40. The van der Waals surface area contributed by atoms with Crippen molar-refractivity contribution < 1.29 is 19.8 Å². The molecule has 3 atom stereocenters. The van der Waals surface area contributed by atoms with Gasteiger partial charge in [-0.25, -0.2) is 0 Å². The van der Waals surface area contributed by atoms with Crippen molar-refractivity contribution in [3.05, 3.63) is 0 Å². The summed E-state index contributed by atoms with van der Waals surface area (Å²) < 4.78 is 0. The largest absolute Gasteiger partial charge is 0.480 e. The van der Waals surface area contributed by atoms with Gasteiger partial charge in [0.05, 0.1) is 0 Å². The molecule has 6 N–H and O–H groups in total. The Balaban J connectivity index is -0.00000112. The van der Waals surface area contributed by atoms with Gasteiger partial charge in [-0.05, 0) is 6.42 Å². The van der Waals surface area contributed by atoms with Crippen LogP contribution in [0.5, 0.6) is 0 Å². The van der Waals surface area contributed by atoms with Gasteiger partial charge in [0.25, 0.3) is 0 Å². The van der Waals surface area contributed by atoms with Crippen molar-refractivity contribution in [2.75, 3.05) is 5.75 Å². The van der Waals surface area contributed by atoms with Crippen LogP contribution in [-0.4, -0.2) is 45.2 Å². The fraction of sp³-hybridized carbons (Fsp3) is 0.750. The fourth-order valence-corrected chi connectivity index (χ4v) is 3.69. The van der Waals surface area contributed by atoms with E-state index in [1.165, 1.54) is 21.6 Å². The highest BCUT2D eigenvalue weighted by Crippen LogP contribution is 2.30. The van der Waals surface area contributed by atoms with Crippen LogP contribution in [0.2, 0.25) is 0 Å². The topological polar surface area (TPSA) is 127 Å². The first-order valence-corrected chi connectivity index (χ1v) is 7.03. The lowest BCUT2D eigenvalue weighted by Crippen LogP contribution is -2.39. The Kier molecular flexibility index (Phi) is 15.7. The number of rotatable bonds is 8. The van der Waals surface area contributed by atoms with Gasteiger partial charge >= 0.3 is 11.9 Å². The highest BCUT2D eigenvalue weighted by molar-refractivity contribution is 8.77. The third-order valence-electron chi connectivity index (χ3n) is 1.84. The molecule has 3 unspecified atom stereocenters. The lowest BCUT2D eigenvalue weighted by atomic mass is 10.2. The molecule has 0 spiro atoms. The highest BCUT2D eigenvalue weighted by atomic mass is 35.5. The van der Waals surface area contributed by atoms with Crippen LogP contribution in [0.1, 0.15) is 13.3 Å². The van der Waals surface area contributed by atoms with Crippen LogP contribution in [0.4, 0.5) is 0 Å². The summed E-state index contributed by atoms with van der Waals surface area (Å²) in [6, 6.07) is -1.88. The van der Waals surface area contributed by atoms with Crippen LogP contribution in [0.25, 0.3) is 0 Å². The monoisotopic (exact) mass is 340 g/mol. The van der Waals surface area contributed by atoms with E-state index in [2.05, 4.69) is 0 Å². The standard InChI is InChI=1S/C8H16N2O4S2.2ClH/c1-2-5(6(10)8(13)14)16-15-3-4(9)7(11)12;;/h4-6H,2-3,9-10H2,1H3,(H,11,12)(H,13,14);2*1H. The average molecular weight is 341 g/mol. The Morgan fingerprint density at radius 2 is 1.67 bits per heavy atom. The van der Waals surface area contributed by atoms with Crippen LogP contribution in [0, 0.1) is 0 Å². The van der Waals surface area contributed by atoms with E-state index in [-0.39, 0.29) is 35.8 Å². The smallest absolute Gasteiger partial charge is 0.321 e. The maximum Gasteiger partial charge on any atom is 0.321 e. The lowest BCUT2D eigenvalue weighted by Gasteiger charge is -2.18. The number of carbonyl (C=O) groups is 2. The molecule has 0 fully saturated rings. The third-order valence-corrected chi connectivity index (χ3v) is 4.91. The van der Waals surface area contributed by atoms with Gasteiger partial charge in [-0.2, -0.15) is 0 Å². The average Bonchev–Trinajstić information content (AvgIpc) is 2.22. The van der Waals surface area contributed by atoms with Gasteiger partial charge in [-0.1, -0.05) is 28.5 Å². The predicted octanol–water partition coefficient (Wildman–Crippen LogP) is 0.814. The molecule has 0 aromatic carbocycles. The number of carboxylic acids is 2. The molecule has 0 aliphatic carbocycles. The summed E-state index contributed by atoms with van der Waals surface area (Å²) in [6.45, 7) is 1.83. The van der Waals surface area contributed by atoms with E-state index in [0.29, 0.717) is 6.42 Å². The Bertz CT molecular complexity index is 261. The maximum atomic E-state index is 10.6. The number of hydrogen-bond donors (Lipinski definition) is 4. The third kappa shape index (κ3) is 9.12. The van der Waals surface area contributed by atoms with Crippen LogP contribution in [0.15, 0.2) is 0 Å². The van der Waals surface area contributed by atoms with Crippen LogP contribution < -0.4 is 11.5 Å². The maximum absolute atomic E-state index is 10.6. The van der Waals surface area contributed by atoms with E-state index < -0.39 is 24.0 Å². The van der Waals surface area contributed by atoms with Crippen LogP contribution in [0.3, 0.4) is 0 Å². The summed E-state index contributed by atoms with van der Waals surface area (Å²) >= 11 is 0. The van der Waals surface area contributed by atoms with Gasteiger partial charge in [-0.15, -0.1) is 24.8 Å². The van der Waals surface area contributed by atoms with Crippen molar-refractivity contribution in [3.63, 3.8) is 0 Å². The quantitative estimate of drug-likeness (QED) is 0.478. The van der Waals surface area contributed by atoms with Gasteiger partial charge in [0.2, 0.25) is 0 Å². The summed E-state index contributed by atoms with van der Waals surface area (Å²) in [5, 5.41) is 17.0. The van der Waals surface area contributed by atoms with Gasteiger partial charge < -0.3 is 21.7 Å². The molecule has 18 heavy (non-hydrogen) atoms. The van der Waals surface area contributed by atoms with E-state index >= 15 is 0 Å². The SMILES string of the molecule is CCC(SSCC(N)C(=O)O)C(N)C(=O)O.Cl.Cl. The Morgan fingerprint density at radius 3 is 2.00 bits per heavy atom. The van der Waals surface area contributed by atoms with E-state index in [9.17, 15) is 9.59 Å². The number of halogens is 2. The molecule has 0 aromatic rings. The molecule has 0 rings (SSSR count). The lowest BCUT2D eigenvalue weighted by molar-refractivity contribution is -0.139. The second-order valence-electron chi connectivity index (χ2n) is 3.14. The van der Waals surface area contributed by atoms with E-state index in [0.717, 1.165) is 0 Å². The van der Waals surface area contributed by atoms with E-state index in [1.807, 2.05) is 6.92 Å². The molecule has 0 saturated heterocycles. The molecule has 0 bridgehead atoms. The normalized spacial score (nSPS) is 14.6. The Labute approximate surface area is 126 Å². The molecule has 110 valence electrons. The van der Waals surface area contributed by atoms with Crippen LogP contribution in [-0.2, 0) is 9.59 Å². The second-order valence-corrected chi connectivity index (χ2v) is 5.79. The number of aliphatic carboxylic acids is 2. The zero-order valence-corrected chi connectivity index (χ0v) is 12.9. The summed E-state index contributed by atoms with van der Waals surface area (Å²) in [6.07, 6.45) is 0.605. The van der Waals surface area contributed by atoms with Crippen LogP contribution >= 0.6 is 46.4 Å². The molecular weight excluding hydrogens is 323 g/mol. The molecule has 10 heteroatoms. The Hall–Kier alpha value is 0.140. The molecule has 0 aliphatic rings. The minimum Gasteiger partial charge on any atom is -0.480 e. The minimum absolute atomic E-state index is 0. The molecule has 6 nitrogen and oxygen atoms in total. The zero-order chi connectivity index (χ0) is 12.7. The summed E-state index contributed by atoms with van der Waals surface area (Å²) in [7, 11) is 2.51. The summed E-state index contributed by atoms with van der Waals surface area (Å²) in [4.78, 5) is 21.1. The molecule has 0 amide bonds. The zero-order valence-electron chi connectivity index (χ0n) is 9.64. The molecule has 0 heterocycles. The van der Waals surface area contributed by atoms with E-state index in [4.69, 9.17) is 21.7 Å². The highest BCUT2D eigenvalue weighted by Gasteiger charge is 2.24. The van der Waals surface area contributed by atoms with Crippen molar-refractivity contribution in [1.82, 2.24) is 0 Å². The van der Waals surface area contributed by atoms with Crippen molar-refractivity contribution in [3.8, 4) is 0 Å². The molecular formula is C8H18Cl2N2O4S2.